The molecule has 0 fully saturated rings. The third-order valence-electron chi connectivity index (χ3n) is 3.11. The minimum atomic E-state index is 0.261. The fraction of sp³-hybridized carbons (Fsp3) is 0.286. The van der Waals surface area contributed by atoms with Gasteiger partial charge in [-0.25, -0.2) is 9.50 Å². The molecule has 5 heteroatoms. The Hall–Kier alpha value is -1.72. The van der Waals surface area contributed by atoms with Crippen molar-refractivity contribution in [2.24, 2.45) is 0 Å². The molecule has 0 bridgehead atoms. The lowest BCUT2D eigenvalue weighted by atomic mass is 10.2. The predicted molar refractivity (Wildman–Crippen MR) is 77.3 cm³/mol. The lowest BCUT2D eigenvalue weighted by Gasteiger charge is -2.10. The first-order chi connectivity index (χ1) is 9.24. The molecule has 98 valence electrons. The van der Waals surface area contributed by atoms with Gasteiger partial charge in [-0.15, -0.1) is 11.3 Å². The quantitative estimate of drug-likeness (QED) is 0.794. The zero-order valence-corrected chi connectivity index (χ0v) is 11.8. The molecule has 0 saturated heterocycles. The van der Waals surface area contributed by atoms with E-state index in [1.54, 1.807) is 11.3 Å². The second-order valence-corrected chi connectivity index (χ2v) is 5.88. The van der Waals surface area contributed by atoms with Crippen molar-refractivity contribution >= 4 is 16.9 Å². The maximum Gasteiger partial charge on any atom is 0.109 e. The van der Waals surface area contributed by atoms with Gasteiger partial charge in [0.2, 0.25) is 0 Å². The van der Waals surface area contributed by atoms with Crippen molar-refractivity contribution in [1.29, 1.82) is 0 Å². The Bertz CT molecular complexity index is 685. The van der Waals surface area contributed by atoms with Crippen LogP contribution in [0.5, 0.6) is 0 Å². The van der Waals surface area contributed by atoms with Crippen LogP contribution in [0.1, 0.15) is 28.4 Å². The van der Waals surface area contributed by atoms with E-state index >= 15 is 0 Å². The lowest BCUT2D eigenvalue weighted by Crippen LogP contribution is -2.17. The molecule has 0 spiro atoms. The van der Waals surface area contributed by atoms with Gasteiger partial charge in [0, 0.05) is 29.4 Å². The average molecular weight is 272 g/mol. The summed E-state index contributed by atoms with van der Waals surface area (Å²) in [7, 11) is 0. The second kappa shape index (κ2) is 5.11. The first kappa shape index (κ1) is 12.3. The molecule has 0 aliphatic rings. The summed E-state index contributed by atoms with van der Waals surface area (Å²) in [5.41, 5.74) is 2.36. The van der Waals surface area contributed by atoms with Gasteiger partial charge < -0.3 is 5.32 Å². The zero-order chi connectivity index (χ0) is 13.2. The molecule has 19 heavy (non-hydrogen) atoms. The topological polar surface area (TPSA) is 42.2 Å². The molecule has 1 unspecified atom stereocenters. The van der Waals surface area contributed by atoms with Crippen LogP contribution in [-0.4, -0.2) is 14.6 Å². The Labute approximate surface area is 116 Å². The third-order valence-corrected chi connectivity index (χ3v) is 4.21. The summed E-state index contributed by atoms with van der Waals surface area (Å²) in [6.45, 7) is 5.02. The van der Waals surface area contributed by atoms with Crippen LogP contribution in [-0.2, 0) is 6.54 Å². The van der Waals surface area contributed by atoms with Gasteiger partial charge >= 0.3 is 0 Å². The van der Waals surface area contributed by atoms with E-state index in [1.165, 1.54) is 10.4 Å². The van der Waals surface area contributed by atoms with Gasteiger partial charge in [-0.05, 0) is 26.0 Å². The highest BCUT2D eigenvalue weighted by Gasteiger charge is 2.10. The number of nitrogens with one attached hydrogen (secondary N) is 1. The van der Waals surface area contributed by atoms with Crippen molar-refractivity contribution < 1.29 is 0 Å². The van der Waals surface area contributed by atoms with Crippen LogP contribution in [0.3, 0.4) is 0 Å². The molecule has 3 rings (SSSR count). The number of pyridine rings is 1. The maximum absolute atomic E-state index is 4.41. The van der Waals surface area contributed by atoms with Crippen molar-refractivity contribution in [3.8, 4) is 0 Å². The van der Waals surface area contributed by atoms with Gasteiger partial charge in [0.1, 0.15) is 5.01 Å². The molecule has 0 amide bonds. The molecule has 0 radical (unpaired) electrons. The summed E-state index contributed by atoms with van der Waals surface area (Å²) in [4.78, 5) is 5.66. The molecule has 4 nitrogen and oxygen atoms in total. The summed E-state index contributed by atoms with van der Waals surface area (Å²) in [6, 6.07) is 6.37. The Morgan fingerprint density at radius 2 is 2.26 bits per heavy atom. The van der Waals surface area contributed by atoms with Crippen molar-refractivity contribution in [2.75, 3.05) is 0 Å². The van der Waals surface area contributed by atoms with Crippen LogP contribution < -0.4 is 5.32 Å². The summed E-state index contributed by atoms with van der Waals surface area (Å²) >= 11 is 1.74. The van der Waals surface area contributed by atoms with Crippen LogP contribution in [0.4, 0.5) is 0 Å². The van der Waals surface area contributed by atoms with Gasteiger partial charge in [0.15, 0.2) is 0 Å². The summed E-state index contributed by atoms with van der Waals surface area (Å²) in [6.07, 6.45) is 5.81. The Morgan fingerprint density at radius 3 is 3.05 bits per heavy atom. The van der Waals surface area contributed by atoms with Crippen LogP contribution in [0.15, 0.2) is 36.8 Å². The molecule has 1 atom stereocenters. The number of aromatic nitrogens is 3. The van der Waals surface area contributed by atoms with Crippen LogP contribution in [0.25, 0.3) is 5.52 Å². The summed E-state index contributed by atoms with van der Waals surface area (Å²) < 4.78 is 1.90. The Kier molecular flexibility index (Phi) is 3.31. The van der Waals surface area contributed by atoms with E-state index in [-0.39, 0.29) is 6.04 Å². The van der Waals surface area contributed by atoms with Gasteiger partial charge in [-0.3, -0.25) is 0 Å². The largest absolute Gasteiger partial charge is 0.304 e. The molecule has 3 aromatic heterocycles. The van der Waals surface area contributed by atoms with E-state index in [4.69, 9.17) is 0 Å². The maximum atomic E-state index is 4.41. The molecule has 3 heterocycles. The Balaban J connectivity index is 1.72. The van der Waals surface area contributed by atoms with Gasteiger partial charge in [0.05, 0.1) is 17.8 Å². The van der Waals surface area contributed by atoms with E-state index in [0.29, 0.717) is 0 Å². The number of fused-ring (bicyclic) bond motifs is 1. The third kappa shape index (κ3) is 2.52. The number of rotatable bonds is 4. The van der Waals surface area contributed by atoms with Crippen molar-refractivity contribution in [3.05, 3.63) is 52.2 Å². The first-order valence-corrected chi connectivity index (χ1v) is 7.12. The summed E-state index contributed by atoms with van der Waals surface area (Å²) in [5, 5.41) is 8.97. The molecule has 0 saturated carbocycles. The monoisotopic (exact) mass is 272 g/mol. The molecule has 0 aliphatic heterocycles. The van der Waals surface area contributed by atoms with E-state index in [0.717, 1.165) is 17.1 Å². The average Bonchev–Trinajstić information content (AvgIpc) is 3.02. The highest BCUT2D eigenvalue weighted by Crippen LogP contribution is 2.19. The molecule has 3 aromatic rings. The standard InChI is InChI=1S/C14H16N4S/c1-10-7-16-14(19-10)11(2)15-8-12-9-17-18-6-4-3-5-13(12)18/h3-7,9,11,15H,8H2,1-2H3. The molecule has 0 aromatic carbocycles. The molecular weight excluding hydrogens is 256 g/mol. The number of aryl methyl sites for hydroxylation is 1. The predicted octanol–water partition coefficient (Wildman–Crippen LogP) is 2.95. The first-order valence-electron chi connectivity index (χ1n) is 6.31. The van der Waals surface area contributed by atoms with E-state index < -0.39 is 0 Å². The van der Waals surface area contributed by atoms with Crippen molar-refractivity contribution in [3.63, 3.8) is 0 Å². The van der Waals surface area contributed by atoms with Crippen molar-refractivity contribution in [2.45, 2.75) is 26.4 Å². The zero-order valence-electron chi connectivity index (χ0n) is 11.0. The van der Waals surface area contributed by atoms with Crippen LogP contribution in [0, 0.1) is 6.92 Å². The van der Waals surface area contributed by atoms with Crippen LogP contribution in [0.2, 0.25) is 0 Å². The molecular formula is C14H16N4S. The van der Waals surface area contributed by atoms with E-state index in [9.17, 15) is 0 Å². The van der Waals surface area contributed by atoms with Crippen LogP contribution >= 0.6 is 11.3 Å². The fourth-order valence-electron chi connectivity index (χ4n) is 2.05. The molecule has 1 N–H and O–H groups in total. The number of hydrogen-bond acceptors (Lipinski definition) is 4. The minimum absolute atomic E-state index is 0.261. The lowest BCUT2D eigenvalue weighted by molar-refractivity contribution is 0.573. The SMILES string of the molecule is Cc1cnc(C(C)NCc2cnn3ccccc23)s1. The van der Waals surface area contributed by atoms with Gasteiger partial charge in [0.25, 0.3) is 0 Å². The number of nitrogens with zero attached hydrogens (tertiary/aromatic N) is 3. The van der Waals surface area contributed by atoms with Gasteiger partial charge in [-0.1, -0.05) is 6.07 Å². The van der Waals surface area contributed by atoms with E-state index in [1.807, 2.05) is 35.2 Å². The number of thiazole rings is 1. The highest BCUT2D eigenvalue weighted by atomic mass is 32.1. The summed E-state index contributed by atoms with van der Waals surface area (Å²) in [5.74, 6) is 0. The molecule has 0 aliphatic carbocycles. The second-order valence-electron chi connectivity index (χ2n) is 4.61. The normalized spacial score (nSPS) is 12.9. The Morgan fingerprint density at radius 1 is 1.37 bits per heavy atom. The van der Waals surface area contributed by atoms with Crippen molar-refractivity contribution in [1.82, 2.24) is 19.9 Å². The van der Waals surface area contributed by atoms with E-state index in [2.05, 4.69) is 35.3 Å². The fourth-order valence-corrected chi connectivity index (χ4v) is 2.85. The van der Waals surface area contributed by atoms with Gasteiger partial charge in [-0.2, -0.15) is 5.10 Å². The smallest absolute Gasteiger partial charge is 0.109 e. The number of hydrogen-bond donors (Lipinski definition) is 1. The minimum Gasteiger partial charge on any atom is -0.304 e. The highest BCUT2D eigenvalue weighted by molar-refractivity contribution is 7.11.